The molecule has 3 nitrogen and oxygen atoms in total. The van der Waals surface area contributed by atoms with Crippen molar-refractivity contribution in [3.8, 4) is 0 Å². The highest BCUT2D eigenvalue weighted by atomic mass is 32.2. The van der Waals surface area contributed by atoms with Crippen LogP contribution in [-0.2, 0) is 10.5 Å². The summed E-state index contributed by atoms with van der Waals surface area (Å²) in [7, 11) is 0. The Morgan fingerprint density at radius 3 is 2.79 bits per heavy atom. The van der Waals surface area contributed by atoms with Crippen molar-refractivity contribution in [3.05, 3.63) is 46.9 Å². The topological polar surface area (TPSA) is 43.5 Å². The Kier molecular flexibility index (Phi) is 3.38. The molecule has 1 amide bonds. The number of aliphatic imine (C=N–C) groups is 1. The molecule has 2 aliphatic rings. The van der Waals surface area contributed by atoms with Crippen molar-refractivity contribution in [1.29, 1.82) is 0 Å². The number of carbonyl (C=O) groups excluding carboxylic acids is 1. The number of allylic oxidation sites excluding steroid dienone is 1. The molecule has 1 heterocycles. The van der Waals surface area contributed by atoms with Gasteiger partial charge in [-0.15, -0.1) is 0 Å². The molecule has 5 heteroatoms. The lowest BCUT2D eigenvalue weighted by Gasteiger charge is -2.13. The minimum atomic E-state index is -0.246. The fourth-order valence-electron chi connectivity index (χ4n) is 2.17. The van der Waals surface area contributed by atoms with E-state index in [0.717, 1.165) is 36.1 Å². The van der Waals surface area contributed by atoms with Crippen molar-refractivity contribution in [2.24, 2.45) is 4.99 Å². The number of rotatable bonds is 2. The Bertz CT molecular complexity index is 578. The average molecular weight is 275 g/mol. The summed E-state index contributed by atoms with van der Waals surface area (Å²) in [6.45, 7) is 0. The molecule has 0 atom stereocenters. The van der Waals surface area contributed by atoms with E-state index in [2.05, 4.69) is 10.3 Å². The maximum absolute atomic E-state index is 12.8. The first-order valence-electron chi connectivity index (χ1n) is 6.16. The zero-order valence-electron chi connectivity index (χ0n) is 10.2. The molecule has 1 aromatic rings. The molecule has 0 N–H and O–H groups in total. The van der Waals surface area contributed by atoms with Gasteiger partial charge < -0.3 is 0 Å². The van der Waals surface area contributed by atoms with Crippen molar-refractivity contribution in [2.45, 2.75) is 25.0 Å². The fraction of sp³-hybridized carbons (Fsp3) is 0.286. The third-order valence-corrected chi connectivity index (χ3v) is 4.07. The summed E-state index contributed by atoms with van der Waals surface area (Å²) in [5.41, 5.74) is 2.68. The molecule has 3 rings (SSSR count). The van der Waals surface area contributed by atoms with Gasteiger partial charge in [0.25, 0.3) is 5.91 Å². The first-order valence-corrected chi connectivity index (χ1v) is 7.15. The smallest absolute Gasteiger partial charge is 0.267 e. The molecule has 0 unspecified atom stereocenters. The van der Waals surface area contributed by atoms with E-state index in [1.54, 1.807) is 12.1 Å². The van der Waals surface area contributed by atoms with Gasteiger partial charge in [-0.25, -0.2) is 9.71 Å². The van der Waals surface area contributed by atoms with Crippen LogP contribution in [-0.4, -0.2) is 11.1 Å². The van der Waals surface area contributed by atoms with Crippen LogP contribution in [0.15, 0.2) is 40.5 Å². The number of amidine groups is 1. The lowest BCUT2D eigenvalue weighted by Crippen LogP contribution is -2.21. The summed E-state index contributed by atoms with van der Waals surface area (Å²) >= 11 is 1.41. The lowest BCUT2D eigenvalue weighted by molar-refractivity contribution is -0.114. The fourth-order valence-corrected chi connectivity index (χ4v) is 2.98. The Morgan fingerprint density at radius 1 is 1.21 bits per heavy atom. The number of thioether (sulfide) groups is 1. The largest absolute Gasteiger partial charge is 0.277 e. The highest BCUT2D eigenvalue weighted by molar-refractivity contribution is 8.13. The highest BCUT2D eigenvalue weighted by Crippen LogP contribution is 2.30. The third kappa shape index (κ3) is 2.71. The minimum Gasteiger partial charge on any atom is -0.267 e. The molecular formula is C14H12FN2OS. The van der Waals surface area contributed by atoms with E-state index < -0.39 is 0 Å². The zero-order valence-corrected chi connectivity index (χ0v) is 11.0. The van der Waals surface area contributed by atoms with Crippen LogP contribution in [0.1, 0.15) is 24.8 Å². The van der Waals surface area contributed by atoms with Crippen LogP contribution in [0.3, 0.4) is 0 Å². The van der Waals surface area contributed by atoms with Crippen LogP contribution in [0.2, 0.25) is 0 Å². The standard InChI is InChI=1S/C14H12FN2OS/c15-10-6-4-9(5-7-10)8-19-14-16-12-3-1-2-11(12)13(18)17-14/h4-7H,1-3,8H2. The quantitative estimate of drug-likeness (QED) is 0.832. The van der Waals surface area contributed by atoms with Gasteiger partial charge in [0, 0.05) is 11.3 Å². The van der Waals surface area contributed by atoms with E-state index in [-0.39, 0.29) is 11.7 Å². The lowest BCUT2D eigenvalue weighted by atomic mass is 10.2. The normalized spacial score (nSPS) is 18.2. The Balaban J connectivity index is 1.64. The van der Waals surface area contributed by atoms with Gasteiger partial charge in [-0.3, -0.25) is 4.79 Å². The van der Waals surface area contributed by atoms with E-state index in [0.29, 0.717) is 10.9 Å². The van der Waals surface area contributed by atoms with Gasteiger partial charge in [-0.05, 0) is 37.0 Å². The zero-order chi connectivity index (χ0) is 13.2. The first kappa shape index (κ1) is 12.4. The summed E-state index contributed by atoms with van der Waals surface area (Å²) in [5.74, 6) is 0.256. The SMILES string of the molecule is O=C1N=C(SCc2ccc(F)cc2)[N]C2=C1CCC2. The average Bonchev–Trinajstić information content (AvgIpc) is 2.87. The molecule has 1 aliphatic heterocycles. The molecule has 0 saturated carbocycles. The maximum atomic E-state index is 12.8. The van der Waals surface area contributed by atoms with Crippen LogP contribution in [0, 0.1) is 5.82 Å². The number of hydrogen-bond donors (Lipinski definition) is 0. The van der Waals surface area contributed by atoms with Gasteiger partial charge in [0.15, 0.2) is 5.17 Å². The number of halogens is 1. The minimum absolute atomic E-state index is 0.135. The number of hydrogen-bond acceptors (Lipinski definition) is 2. The van der Waals surface area contributed by atoms with E-state index in [9.17, 15) is 9.18 Å². The number of benzene rings is 1. The number of nitrogens with zero attached hydrogens (tertiary/aromatic N) is 2. The Labute approximate surface area is 115 Å². The molecule has 0 saturated heterocycles. The van der Waals surface area contributed by atoms with Crippen molar-refractivity contribution < 1.29 is 9.18 Å². The second-order valence-corrected chi connectivity index (χ2v) is 5.45. The first-order chi connectivity index (χ1) is 9.22. The van der Waals surface area contributed by atoms with E-state index >= 15 is 0 Å². The van der Waals surface area contributed by atoms with Crippen molar-refractivity contribution in [3.63, 3.8) is 0 Å². The number of amides is 1. The monoisotopic (exact) mass is 275 g/mol. The predicted molar refractivity (Wildman–Crippen MR) is 73.1 cm³/mol. The molecule has 0 bridgehead atoms. The summed E-state index contributed by atoms with van der Waals surface area (Å²) < 4.78 is 12.8. The molecular weight excluding hydrogens is 263 g/mol. The molecule has 19 heavy (non-hydrogen) atoms. The molecule has 1 aliphatic carbocycles. The van der Waals surface area contributed by atoms with Crippen molar-refractivity contribution in [2.75, 3.05) is 0 Å². The van der Waals surface area contributed by atoms with Crippen LogP contribution >= 0.6 is 11.8 Å². The molecule has 0 spiro atoms. The molecule has 97 valence electrons. The second kappa shape index (κ2) is 5.17. The summed E-state index contributed by atoms with van der Waals surface area (Å²) in [4.78, 5) is 15.8. The van der Waals surface area contributed by atoms with E-state index in [1.165, 1.54) is 23.9 Å². The molecule has 1 radical (unpaired) electrons. The molecule has 1 aromatic carbocycles. The van der Waals surface area contributed by atoms with Gasteiger partial charge in [0.2, 0.25) is 0 Å². The van der Waals surface area contributed by atoms with Crippen LogP contribution in [0.25, 0.3) is 0 Å². The van der Waals surface area contributed by atoms with Crippen molar-refractivity contribution >= 4 is 22.8 Å². The van der Waals surface area contributed by atoms with Gasteiger partial charge in [0.1, 0.15) is 5.82 Å². The van der Waals surface area contributed by atoms with Gasteiger partial charge in [0.05, 0.1) is 5.70 Å². The van der Waals surface area contributed by atoms with E-state index in [4.69, 9.17) is 0 Å². The highest BCUT2D eigenvalue weighted by Gasteiger charge is 2.27. The van der Waals surface area contributed by atoms with Gasteiger partial charge >= 0.3 is 0 Å². The molecule has 0 fully saturated rings. The Hall–Kier alpha value is -1.62. The van der Waals surface area contributed by atoms with Gasteiger partial charge in [-0.1, -0.05) is 23.9 Å². The van der Waals surface area contributed by atoms with Crippen LogP contribution < -0.4 is 5.32 Å². The predicted octanol–water partition coefficient (Wildman–Crippen LogP) is 3.00. The second-order valence-electron chi connectivity index (χ2n) is 4.51. The Morgan fingerprint density at radius 2 is 2.00 bits per heavy atom. The number of carbonyl (C=O) groups is 1. The summed E-state index contributed by atoms with van der Waals surface area (Å²) in [5, 5.41) is 4.95. The summed E-state index contributed by atoms with van der Waals surface area (Å²) in [6, 6.07) is 6.32. The van der Waals surface area contributed by atoms with Crippen LogP contribution in [0.4, 0.5) is 4.39 Å². The van der Waals surface area contributed by atoms with Gasteiger partial charge in [-0.2, -0.15) is 4.99 Å². The van der Waals surface area contributed by atoms with Crippen molar-refractivity contribution in [1.82, 2.24) is 5.32 Å². The summed E-state index contributed by atoms with van der Waals surface area (Å²) in [6.07, 6.45) is 2.67. The molecule has 0 aromatic heterocycles. The van der Waals surface area contributed by atoms with E-state index in [1.807, 2.05) is 0 Å². The van der Waals surface area contributed by atoms with Crippen LogP contribution in [0.5, 0.6) is 0 Å². The third-order valence-electron chi connectivity index (χ3n) is 3.16. The maximum Gasteiger partial charge on any atom is 0.277 e.